The first-order valence-electron chi connectivity index (χ1n) is 10.1. The highest BCUT2D eigenvalue weighted by Crippen LogP contribution is 2.37. The van der Waals surface area contributed by atoms with Crippen molar-refractivity contribution >= 4 is 23.2 Å². The van der Waals surface area contributed by atoms with E-state index < -0.39 is 30.5 Å². The Hall–Kier alpha value is -3.07. The summed E-state index contributed by atoms with van der Waals surface area (Å²) in [6, 6.07) is 7.64. The number of aryl methyl sites for hydroxylation is 2. The summed E-state index contributed by atoms with van der Waals surface area (Å²) in [5.74, 6) is -0.743. The third kappa shape index (κ3) is 5.04. The first kappa shape index (κ1) is 23.6. The molecule has 1 heterocycles. The summed E-state index contributed by atoms with van der Waals surface area (Å²) in [6.45, 7) is 3.93. The lowest BCUT2D eigenvalue weighted by Gasteiger charge is -2.33. The summed E-state index contributed by atoms with van der Waals surface area (Å²) in [6.07, 6.45) is -5.61. The van der Waals surface area contributed by atoms with E-state index in [9.17, 15) is 22.8 Å². The van der Waals surface area contributed by atoms with Crippen molar-refractivity contribution in [3.8, 4) is 5.75 Å². The number of methoxy groups -OCH3 is 1. The second kappa shape index (κ2) is 9.20. The number of carbonyl (C=O) groups excluding carboxylic acids is 2. The van der Waals surface area contributed by atoms with Crippen LogP contribution >= 0.6 is 0 Å². The van der Waals surface area contributed by atoms with Gasteiger partial charge in [-0.1, -0.05) is 24.3 Å². The Balaban J connectivity index is 1.86. The molecule has 0 fully saturated rings. The maximum absolute atomic E-state index is 13.8. The molecule has 0 saturated carbocycles. The predicted octanol–water partition coefficient (Wildman–Crippen LogP) is 4.05. The molecule has 0 aliphatic carbocycles. The summed E-state index contributed by atoms with van der Waals surface area (Å²) in [5.41, 5.74) is 3.00. The molecular formula is C23H26F3N3O3. The Kier molecular flexibility index (Phi) is 6.78. The minimum absolute atomic E-state index is 0.0372. The quantitative estimate of drug-likeness (QED) is 0.748. The van der Waals surface area contributed by atoms with Gasteiger partial charge in [0.25, 0.3) is 0 Å². The van der Waals surface area contributed by atoms with Crippen molar-refractivity contribution in [2.24, 2.45) is 0 Å². The van der Waals surface area contributed by atoms with Gasteiger partial charge in [-0.15, -0.1) is 0 Å². The van der Waals surface area contributed by atoms with Crippen molar-refractivity contribution in [2.45, 2.75) is 39.0 Å². The van der Waals surface area contributed by atoms with Crippen LogP contribution in [0, 0.1) is 13.8 Å². The Morgan fingerprint density at radius 1 is 1.22 bits per heavy atom. The first-order chi connectivity index (χ1) is 15.0. The molecule has 0 bridgehead atoms. The van der Waals surface area contributed by atoms with Crippen molar-refractivity contribution in [3.05, 3.63) is 53.1 Å². The molecular weight excluding hydrogens is 423 g/mol. The number of amides is 2. The second-order valence-corrected chi connectivity index (χ2v) is 8.03. The maximum Gasteiger partial charge on any atom is 0.409 e. The molecule has 0 spiro atoms. The molecule has 6 nitrogen and oxygen atoms in total. The summed E-state index contributed by atoms with van der Waals surface area (Å²) < 4.78 is 46.9. The van der Waals surface area contributed by atoms with Gasteiger partial charge in [-0.05, 0) is 49.7 Å². The van der Waals surface area contributed by atoms with Gasteiger partial charge in [0.2, 0.25) is 11.8 Å². The van der Waals surface area contributed by atoms with Crippen LogP contribution in [0.15, 0.2) is 36.4 Å². The van der Waals surface area contributed by atoms with Crippen LogP contribution in [0.4, 0.5) is 24.5 Å². The number of para-hydroxylation sites is 2. The van der Waals surface area contributed by atoms with Gasteiger partial charge in [-0.25, -0.2) is 0 Å². The van der Waals surface area contributed by atoms with E-state index in [0.717, 1.165) is 22.4 Å². The molecule has 172 valence electrons. The molecule has 2 amide bonds. The van der Waals surface area contributed by atoms with Gasteiger partial charge >= 0.3 is 6.18 Å². The smallest absolute Gasteiger partial charge is 0.409 e. The summed E-state index contributed by atoms with van der Waals surface area (Å²) in [5, 5.41) is 2.47. The standard InChI is InChI=1S/C23H26F3N3O3/c1-14-9-16(10-15(2)22(14)32-4)12-28(3)13-21(31)29-18-8-6-5-7-17(18)27-20(30)11-19(29)23(24,25)26/h5-10,19H,11-13H2,1-4H3,(H,27,30). The highest BCUT2D eigenvalue weighted by atomic mass is 19.4. The average molecular weight is 449 g/mol. The Bertz CT molecular complexity index is 1000. The number of benzene rings is 2. The molecule has 1 unspecified atom stereocenters. The Morgan fingerprint density at radius 3 is 2.44 bits per heavy atom. The molecule has 2 aromatic rings. The van der Waals surface area contributed by atoms with E-state index in [1.807, 2.05) is 26.0 Å². The van der Waals surface area contributed by atoms with Crippen molar-refractivity contribution in [1.29, 1.82) is 0 Å². The van der Waals surface area contributed by atoms with Gasteiger partial charge < -0.3 is 10.1 Å². The number of rotatable bonds is 5. The molecule has 32 heavy (non-hydrogen) atoms. The van der Waals surface area contributed by atoms with E-state index in [-0.39, 0.29) is 17.9 Å². The van der Waals surface area contributed by atoms with Gasteiger partial charge in [0.05, 0.1) is 31.5 Å². The normalized spacial score (nSPS) is 16.4. The summed E-state index contributed by atoms with van der Waals surface area (Å²) >= 11 is 0. The van der Waals surface area contributed by atoms with Crippen molar-refractivity contribution < 1.29 is 27.5 Å². The largest absolute Gasteiger partial charge is 0.496 e. The molecule has 1 atom stereocenters. The van der Waals surface area contributed by atoms with Crippen LogP contribution in [-0.4, -0.2) is 49.6 Å². The SMILES string of the molecule is COc1c(C)cc(CN(C)CC(=O)N2c3ccccc3NC(=O)CC2C(F)(F)F)cc1C. The van der Waals surface area contributed by atoms with Crippen LogP contribution in [0.5, 0.6) is 5.75 Å². The molecule has 0 saturated heterocycles. The van der Waals surface area contributed by atoms with Crippen molar-refractivity contribution in [3.63, 3.8) is 0 Å². The lowest BCUT2D eigenvalue weighted by atomic mass is 10.1. The molecule has 1 aliphatic heterocycles. The lowest BCUT2D eigenvalue weighted by Crippen LogP contribution is -2.52. The number of nitrogens with one attached hydrogen (secondary N) is 1. The van der Waals surface area contributed by atoms with E-state index in [2.05, 4.69) is 5.32 Å². The highest BCUT2D eigenvalue weighted by Gasteiger charge is 2.49. The third-order valence-electron chi connectivity index (χ3n) is 5.36. The van der Waals surface area contributed by atoms with Crippen LogP contribution in [0.25, 0.3) is 0 Å². The number of anilines is 2. The summed E-state index contributed by atoms with van der Waals surface area (Å²) in [7, 11) is 3.26. The fourth-order valence-corrected chi connectivity index (χ4v) is 4.12. The van der Waals surface area contributed by atoms with Crippen molar-refractivity contribution in [2.75, 3.05) is 30.9 Å². The Morgan fingerprint density at radius 2 is 1.84 bits per heavy atom. The van der Waals surface area contributed by atoms with E-state index >= 15 is 0 Å². The van der Waals surface area contributed by atoms with Crippen LogP contribution < -0.4 is 15.0 Å². The molecule has 1 aliphatic rings. The van der Waals surface area contributed by atoms with E-state index in [0.29, 0.717) is 11.4 Å². The van der Waals surface area contributed by atoms with Gasteiger partial charge in [-0.2, -0.15) is 13.2 Å². The number of fused-ring (bicyclic) bond motifs is 1. The topological polar surface area (TPSA) is 61.9 Å². The third-order valence-corrected chi connectivity index (χ3v) is 5.36. The number of halogens is 3. The number of alkyl halides is 3. The monoisotopic (exact) mass is 449 g/mol. The number of nitrogens with zero attached hydrogens (tertiary/aromatic N) is 2. The molecule has 2 aromatic carbocycles. The number of likely N-dealkylation sites (N-methyl/N-ethyl adjacent to an activating group) is 1. The van der Waals surface area contributed by atoms with Crippen LogP contribution in [0.1, 0.15) is 23.1 Å². The zero-order chi connectivity index (χ0) is 23.6. The molecule has 0 radical (unpaired) electrons. The zero-order valence-corrected chi connectivity index (χ0v) is 18.4. The van der Waals surface area contributed by atoms with Gasteiger partial charge in [0, 0.05) is 6.54 Å². The van der Waals surface area contributed by atoms with Gasteiger partial charge in [-0.3, -0.25) is 19.4 Å². The predicted molar refractivity (Wildman–Crippen MR) is 116 cm³/mol. The van der Waals surface area contributed by atoms with Gasteiger partial charge in [0.1, 0.15) is 11.8 Å². The minimum atomic E-state index is -4.76. The lowest BCUT2D eigenvalue weighted by molar-refractivity contribution is -0.158. The van der Waals surface area contributed by atoms with Crippen LogP contribution in [0.2, 0.25) is 0 Å². The number of carbonyl (C=O) groups is 2. The molecule has 3 rings (SSSR count). The highest BCUT2D eigenvalue weighted by molar-refractivity contribution is 6.05. The van der Waals surface area contributed by atoms with Gasteiger partial charge in [0.15, 0.2) is 0 Å². The maximum atomic E-state index is 13.8. The molecule has 9 heteroatoms. The molecule has 1 N–H and O–H groups in total. The Labute approximate surface area is 184 Å². The second-order valence-electron chi connectivity index (χ2n) is 8.03. The number of hydrogen-bond donors (Lipinski definition) is 1. The minimum Gasteiger partial charge on any atom is -0.496 e. The van der Waals surface area contributed by atoms with Crippen molar-refractivity contribution in [1.82, 2.24) is 4.90 Å². The summed E-state index contributed by atoms with van der Waals surface area (Å²) in [4.78, 5) is 27.6. The van der Waals surface area contributed by atoms with E-state index in [4.69, 9.17) is 4.74 Å². The fourth-order valence-electron chi connectivity index (χ4n) is 4.12. The zero-order valence-electron chi connectivity index (χ0n) is 18.4. The number of ether oxygens (including phenoxy) is 1. The van der Waals surface area contributed by atoms with Crippen LogP contribution in [0.3, 0.4) is 0 Å². The van der Waals surface area contributed by atoms with E-state index in [1.54, 1.807) is 25.1 Å². The average Bonchev–Trinajstić information content (AvgIpc) is 2.83. The molecule has 0 aromatic heterocycles. The first-order valence-corrected chi connectivity index (χ1v) is 10.1. The van der Waals surface area contributed by atoms with Crippen LogP contribution in [-0.2, 0) is 16.1 Å². The fraction of sp³-hybridized carbons (Fsp3) is 0.391. The van der Waals surface area contributed by atoms with E-state index in [1.165, 1.54) is 18.2 Å². The number of hydrogen-bond acceptors (Lipinski definition) is 4.